The molecule has 0 amide bonds. The number of hydrogen-bond donors (Lipinski definition) is 2. The number of hydrogen-bond acceptors (Lipinski definition) is 5. The quantitative estimate of drug-likeness (QED) is 0.200. The molecule has 3 N–H and O–H groups in total. The zero-order valence-electron chi connectivity index (χ0n) is 17.9. The van der Waals surface area contributed by atoms with Gasteiger partial charge in [-0.05, 0) is 56.6 Å². The summed E-state index contributed by atoms with van der Waals surface area (Å²) in [5, 5.41) is 29.6. The third-order valence-electron chi connectivity index (χ3n) is 6.76. The van der Waals surface area contributed by atoms with Crippen LogP contribution in [-0.2, 0) is 12.8 Å². The predicted octanol–water partition coefficient (Wildman–Crippen LogP) is 4.61. The molecule has 4 aromatic carbocycles. The number of non-ortho nitro benzene ring substituents is 2. The monoisotopic (exact) mass is 453 g/mol. The number of aliphatic imine (C=N–C) groups is 1. The number of rotatable bonds is 4. The molecule has 0 spiro atoms. The third-order valence-corrected chi connectivity index (χ3v) is 6.76. The molecule has 0 saturated heterocycles. The Labute approximate surface area is 193 Å². The summed E-state index contributed by atoms with van der Waals surface area (Å²) in [5.41, 5.74) is 10.3. The van der Waals surface area contributed by atoms with Crippen LogP contribution in [0.5, 0.6) is 0 Å². The van der Waals surface area contributed by atoms with Gasteiger partial charge in [0.05, 0.1) is 21.9 Å². The van der Waals surface area contributed by atoms with Gasteiger partial charge in [-0.2, -0.15) is 0 Å². The van der Waals surface area contributed by atoms with Crippen molar-refractivity contribution >= 4 is 38.9 Å². The van der Waals surface area contributed by atoms with Crippen molar-refractivity contribution in [2.24, 2.45) is 10.7 Å². The van der Waals surface area contributed by atoms with Crippen molar-refractivity contribution in [3.8, 4) is 0 Å². The summed E-state index contributed by atoms with van der Waals surface area (Å²) in [6.07, 6.45) is 1.10. The van der Waals surface area contributed by atoms with Gasteiger partial charge in [-0.25, -0.2) is 4.99 Å². The zero-order valence-corrected chi connectivity index (χ0v) is 17.9. The number of benzene rings is 4. The van der Waals surface area contributed by atoms with E-state index in [0.717, 1.165) is 43.8 Å². The highest BCUT2D eigenvalue weighted by Crippen LogP contribution is 2.42. The number of nitrogens with two attached hydrogens (primary N) is 1. The Morgan fingerprint density at radius 1 is 0.853 bits per heavy atom. The molecule has 2 aliphatic carbocycles. The molecule has 0 fully saturated rings. The summed E-state index contributed by atoms with van der Waals surface area (Å²) in [6.45, 7) is 0. The van der Waals surface area contributed by atoms with Gasteiger partial charge in [-0.1, -0.05) is 36.4 Å². The second-order valence-corrected chi connectivity index (χ2v) is 8.75. The van der Waals surface area contributed by atoms with Crippen LogP contribution in [0.1, 0.15) is 34.3 Å². The van der Waals surface area contributed by atoms with E-state index in [2.05, 4.69) is 5.32 Å². The third kappa shape index (κ3) is 3.05. The van der Waals surface area contributed by atoms with Crippen molar-refractivity contribution in [1.29, 1.82) is 0 Å². The number of nitrogens with zero attached hydrogens (tertiary/aromatic N) is 3. The van der Waals surface area contributed by atoms with Crippen molar-refractivity contribution in [2.45, 2.75) is 24.9 Å². The maximum absolute atomic E-state index is 11.3. The fourth-order valence-electron chi connectivity index (χ4n) is 5.44. The van der Waals surface area contributed by atoms with Gasteiger partial charge in [0, 0.05) is 24.3 Å². The van der Waals surface area contributed by atoms with E-state index in [0.29, 0.717) is 12.8 Å². The Bertz CT molecular complexity index is 1580. The van der Waals surface area contributed by atoms with Gasteiger partial charge in [0.2, 0.25) is 0 Å². The van der Waals surface area contributed by atoms with Crippen LogP contribution < -0.4 is 11.1 Å². The molecular formula is C25H19N5O4. The smallest absolute Gasteiger partial charge is 0.270 e. The second-order valence-electron chi connectivity index (χ2n) is 8.75. The molecule has 0 saturated carbocycles. The Kier molecular flexibility index (Phi) is 4.28. The Balaban J connectivity index is 1.30. The van der Waals surface area contributed by atoms with Crippen molar-refractivity contribution in [2.75, 3.05) is 0 Å². The first-order valence-electron chi connectivity index (χ1n) is 10.9. The van der Waals surface area contributed by atoms with E-state index in [9.17, 15) is 20.2 Å². The van der Waals surface area contributed by atoms with Crippen molar-refractivity contribution < 1.29 is 9.85 Å². The van der Waals surface area contributed by atoms with Gasteiger partial charge in [-0.15, -0.1) is 0 Å². The van der Waals surface area contributed by atoms with Gasteiger partial charge in [0.25, 0.3) is 11.4 Å². The van der Waals surface area contributed by atoms with Crippen molar-refractivity contribution in [1.82, 2.24) is 5.32 Å². The van der Waals surface area contributed by atoms with E-state index in [1.54, 1.807) is 24.3 Å². The molecule has 2 atom stereocenters. The standard InChI is InChI=1S/C25H19N5O4/c26-25(27-21-11-15-9-17(29(31)32)7-13-3-1-5-19(21)23(13)15)28-22-12-16-10-18(30(33)34)8-14-4-2-6-20(22)24(14)16/h1-10,21-22H,11-12H2,(H3,26,27,28). The average Bonchev–Trinajstić information content (AvgIpc) is 3.34. The van der Waals surface area contributed by atoms with E-state index >= 15 is 0 Å². The topological polar surface area (TPSA) is 137 Å². The minimum Gasteiger partial charge on any atom is -0.370 e. The van der Waals surface area contributed by atoms with E-state index in [-0.39, 0.29) is 39.3 Å². The summed E-state index contributed by atoms with van der Waals surface area (Å²) in [7, 11) is 0. The fourth-order valence-corrected chi connectivity index (χ4v) is 5.44. The number of nitro benzene ring substituents is 2. The van der Waals surface area contributed by atoms with Crippen LogP contribution in [0.15, 0.2) is 65.7 Å². The summed E-state index contributed by atoms with van der Waals surface area (Å²) >= 11 is 0. The highest BCUT2D eigenvalue weighted by molar-refractivity contribution is 5.95. The van der Waals surface area contributed by atoms with Crippen LogP contribution >= 0.6 is 0 Å². The molecule has 4 aromatic rings. The molecule has 6 rings (SSSR count). The van der Waals surface area contributed by atoms with Crippen LogP contribution in [-0.4, -0.2) is 15.8 Å². The largest absolute Gasteiger partial charge is 0.370 e. The first kappa shape index (κ1) is 20.1. The predicted molar refractivity (Wildman–Crippen MR) is 129 cm³/mol. The van der Waals surface area contributed by atoms with Gasteiger partial charge in [-0.3, -0.25) is 20.2 Å². The molecule has 0 aromatic heterocycles. The summed E-state index contributed by atoms with van der Waals surface area (Å²) in [6, 6.07) is 17.5. The van der Waals surface area contributed by atoms with Crippen LogP contribution in [0, 0.1) is 20.2 Å². The first-order valence-corrected chi connectivity index (χ1v) is 10.9. The van der Waals surface area contributed by atoms with Gasteiger partial charge in [0.1, 0.15) is 0 Å². The maximum atomic E-state index is 11.3. The maximum Gasteiger partial charge on any atom is 0.270 e. The van der Waals surface area contributed by atoms with Crippen molar-refractivity contribution in [3.63, 3.8) is 0 Å². The summed E-state index contributed by atoms with van der Waals surface area (Å²) in [5.74, 6) is 0.272. The Hall–Kier alpha value is -4.53. The van der Waals surface area contributed by atoms with E-state index in [1.165, 1.54) is 0 Å². The van der Waals surface area contributed by atoms with Gasteiger partial charge < -0.3 is 11.1 Å². The van der Waals surface area contributed by atoms with Crippen LogP contribution in [0.25, 0.3) is 21.5 Å². The average molecular weight is 453 g/mol. The van der Waals surface area contributed by atoms with E-state index in [1.807, 2.05) is 36.4 Å². The fraction of sp³-hybridized carbons (Fsp3) is 0.160. The molecule has 0 heterocycles. The molecule has 2 unspecified atom stereocenters. The normalized spacial score (nSPS) is 18.5. The van der Waals surface area contributed by atoms with E-state index < -0.39 is 0 Å². The molecule has 168 valence electrons. The summed E-state index contributed by atoms with van der Waals surface area (Å²) in [4.78, 5) is 26.6. The minimum atomic E-state index is -0.377. The van der Waals surface area contributed by atoms with Crippen LogP contribution in [0.2, 0.25) is 0 Å². The first-order chi connectivity index (χ1) is 16.4. The van der Waals surface area contributed by atoms with Crippen LogP contribution in [0.3, 0.4) is 0 Å². The second kappa shape index (κ2) is 7.24. The SMILES string of the molecule is NC(=NC1Cc2cc([N+](=O)[O-])cc3cccc1c23)NC1Cc2cc([N+](=O)[O-])cc3cccc1c23. The van der Waals surface area contributed by atoms with Gasteiger partial charge in [0.15, 0.2) is 5.96 Å². The Morgan fingerprint density at radius 3 is 2.03 bits per heavy atom. The highest BCUT2D eigenvalue weighted by atomic mass is 16.6. The minimum absolute atomic E-state index is 0.0706. The Morgan fingerprint density at radius 2 is 1.41 bits per heavy atom. The molecule has 9 nitrogen and oxygen atoms in total. The number of guanidine groups is 1. The molecular weight excluding hydrogens is 434 g/mol. The highest BCUT2D eigenvalue weighted by Gasteiger charge is 2.29. The molecule has 9 heteroatoms. The van der Waals surface area contributed by atoms with E-state index in [4.69, 9.17) is 10.7 Å². The molecule has 34 heavy (non-hydrogen) atoms. The molecule has 0 radical (unpaired) electrons. The molecule has 0 bridgehead atoms. The summed E-state index contributed by atoms with van der Waals surface area (Å²) < 4.78 is 0. The zero-order chi connectivity index (χ0) is 23.6. The van der Waals surface area contributed by atoms with Gasteiger partial charge >= 0.3 is 0 Å². The number of nitro groups is 2. The lowest BCUT2D eigenvalue weighted by molar-refractivity contribution is -0.384. The van der Waals surface area contributed by atoms with Crippen LogP contribution in [0.4, 0.5) is 11.4 Å². The lowest BCUT2D eigenvalue weighted by atomic mass is 10.0. The molecule has 0 aliphatic heterocycles. The lowest BCUT2D eigenvalue weighted by Gasteiger charge is -2.16. The lowest BCUT2D eigenvalue weighted by Crippen LogP contribution is -2.35. The number of nitrogens with one attached hydrogen (secondary N) is 1. The van der Waals surface area contributed by atoms with Crippen molar-refractivity contribution in [3.05, 3.63) is 103 Å². The molecule has 2 aliphatic rings.